The Morgan fingerprint density at radius 3 is 1.37 bits per heavy atom. The lowest BCUT2D eigenvalue weighted by atomic mass is 10.0. The van der Waals surface area contributed by atoms with Gasteiger partial charge in [0.1, 0.15) is 9.79 Å². The summed E-state index contributed by atoms with van der Waals surface area (Å²) in [7, 11) is -7.73. The number of carbonyl (C=O) groups is 2. The molecule has 0 radical (unpaired) electrons. The van der Waals surface area contributed by atoms with Gasteiger partial charge in [-0.2, -0.15) is 4.99 Å². The zero-order valence-electron chi connectivity index (χ0n) is 28.6. The average molecular weight is 770 g/mol. The molecule has 2 aliphatic carbocycles. The van der Waals surface area contributed by atoms with Crippen LogP contribution in [-0.2, 0) is 32.5 Å². The van der Waals surface area contributed by atoms with Crippen molar-refractivity contribution in [2.45, 2.75) is 124 Å². The number of nitro groups is 2. The molecule has 2 aliphatic rings. The monoisotopic (exact) mass is 769 g/mol. The third-order valence-corrected chi connectivity index (χ3v) is 14.1. The van der Waals surface area contributed by atoms with Crippen LogP contribution in [0.1, 0.15) is 123 Å². The van der Waals surface area contributed by atoms with Crippen LogP contribution in [0, 0.1) is 20.2 Å². The molecule has 4 N–H and O–H groups in total. The van der Waals surface area contributed by atoms with Gasteiger partial charge in [-0.15, -0.1) is 0 Å². The van der Waals surface area contributed by atoms with E-state index in [0.29, 0.717) is 49.7 Å². The maximum Gasteiger partial charge on any atom is 0.288 e. The smallest absolute Gasteiger partial charge is 0.288 e. The van der Waals surface area contributed by atoms with Crippen molar-refractivity contribution < 1.29 is 36.3 Å². The molecule has 0 heterocycles. The van der Waals surface area contributed by atoms with Crippen molar-refractivity contribution in [3.63, 3.8) is 0 Å². The fourth-order valence-electron chi connectivity index (χ4n) is 6.57. The van der Waals surface area contributed by atoms with E-state index in [4.69, 9.17) is 23.1 Å². The van der Waals surface area contributed by atoms with E-state index in [1.807, 2.05) is 0 Å². The molecule has 280 valence electrons. The summed E-state index contributed by atoms with van der Waals surface area (Å²) in [5.74, 6) is -1.31. The van der Waals surface area contributed by atoms with Gasteiger partial charge < -0.3 is 11.5 Å². The number of benzene rings is 2. The standard InChI is InChI=1S/C17H24N4O5S.C16H20ClNO5S/c1-2-11-9-15(27(25,26)12-7-5-3-4-6-8-12)14(21(23)24)10-13(11)16(22)20-17(18)19;1-2-11-9-15(14(18(20)21)10-13(11)16(17)19)24(22,23)12-7-5-3-4-6-8-12/h9-10,12H,2-8H2,1H3,(H4,18,19,20,22);9-10,12H,2-8H2,1H3. The lowest BCUT2D eigenvalue weighted by molar-refractivity contribution is -0.388. The highest BCUT2D eigenvalue weighted by Crippen LogP contribution is 2.37. The number of carbonyl (C=O) groups excluding carboxylic acids is 2. The first-order valence-corrected chi connectivity index (χ1v) is 20.4. The molecule has 2 aromatic carbocycles. The minimum atomic E-state index is -3.90. The summed E-state index contributed by atoms with van der Waals surface area (Å²) < 4.78 is 52.3. The number of amides is 1. The summed E-state index contributed by atoms with van der Waals surface area (Å²) in [4.78, 5) is 47.9. The van der Waals surface area contributed by atoms with E-state index in [0.717, 1.165) is 63.5 Å². The first-order valence-electron chi connectivity index (χ1n) is 16.9. The number of halogens is 1. The molecule has 2 fully saturated rings. The van der Waals surface area contributed by atoms with Crippen LogP contribution in [0.2, 0.25) is 0 Å². The van der Waals surface area contributed by atoms with Crippen LogP contribution in [0.4, 0.5) is 11.4 Å². The Balaban J connectivity index is 0.000000277. The minimum Gasteiger partial charge on any atom is -0.370 e. The highest BCUT2D eigenvalue weighted by molar-refractivity contribution is 7.92. The second-order valence-corrected chi connectivity index (χ2v) is 17.3. The first kappa shape index (κ1) is 41.5. The summed E-state index contributed by atoms with van der Waals surface area (Å²) in [5.41, 5.74) is 9.91. The van der Waals surface area contributed by atoms with Crippen LogP contribution in [0.3, 0.4) is 0 Å². The van der Waals surface area contributed by atoms with Gasteiger partial charge in [0.25, 0.3) is 22.5 Å². The SMILES string of the molecule is CCc1cc(S(=O)(=O)C2CCCCCC2)c([N+](=O)[O-])cc1C(=O)Cl.CCc1cc(S(=O)(=O)C2CCCCCC2)c([N+](=O)[O-])cc1C(=O)N=C(N)N. The van der Waals surface area contributed by atoms with E-state index >= 15 is 0 Å². The third kappa shape index (κ3) is 10.1. The largest absolute Gasteiger partial charge is 0.370 e. The molecule has 2 saturated carbocycles. The summed E-state index contributed by atoms with van der Waals surface area (Å²) in [6.45, 7) is 3.46. The van der Waals surface area contributed by atoms with Crippen molar-refractivity contribution in [2.75, 3.05) is 0 Å². The van der Waals surface area contributed by atoms with Crippen molar-refractivity contribution in [2.24, 2.45) is 16.5 Å². The molecule has 0 atom stereocenters. The van der Waals surface area contributed by atoms with E-state index < -0.39 is 68.5 Å². The van der Waals surface area contributed by atoms with E-state index in [2.05, 4.69) is 4.99 Å². The number of nitrogens with zero attached hydrogens (tertiary/aromatic N) is 3. The number of nitrogens with two attached hydrogens (primary N) is 2. The van der Waals surface area contributed by atoms with Gasteiger partial charge in [0, 0.05) is 17.7 Å². The van der Waals surface area contributed by atoms with E-state index in [-0.39, 0.29) is 20.9 Å². The molecule has 0 saturated heterocycles. The second-order valence-electron chi connectivity index (χ2n) is 12.6. The molecule has 15 nitrogen and oxygen atoms in total. The molecule has 0 unspecified atom stereocenters. The molecule has 0 aromatic heterocycles. The number of guanidine groups is 1. The fraction of sp³-hybridized carbons (Fsp3) is 0.545. The quantitative estimate of drug-likeness (QED) is 0.0694. The van der Waals surface area contributed by atoms with Crippen LogP contribution in [0.5, 0.6) is 0 Å². The van der Waals surface area contributed by atoms with Gasteiger partial charge in [-0.1, -0.05) is 65.2 Å². The van der Waals surface area contributed by atoms with E-state index in [9.17, 15) is 46.7 Å². The molecular weight excluding hydrogens is 726 g/mol. The fourth-order valence-corrected chi connectivity index (χ4v) is 10.8. The zero-order valence-corrected chi connectivity index (χ0v) is 31.0. The van der Waals surface area contributed by atoms with Crippen molar-refractivity contribution in [3.8, 4) is 0 Å². The van der Waals surface area contributed by atoms with Gasteiger partial charge in [0.2, 0.25) is 0 Å². The van der Waals surface area contributed by atoms with Crippen molar-refractivity contribution in [1.29, 1.82) is 0 Å². The number of sulfone groups is 2. The van der Waals surface area contributed by atoms with Crippen molar-refractivity contribution in [3.05, 3.63) is 66.7 Å². The predicted octanol–water partition coefficient (Wildman–Crippen LogP) is 6.10. The van der Waals surface area contributed by atoms with Gasteiger partial charge in [-0.05, 0) is 73.4 Å². The Kier molecular flexibility index (Phi) is 14.6. The highest BCUT2D eigenvalue weighted by atomic mass is 35.5. The Morgan fingerprint density at radius 1 is 0.706 bits per heavy atom. The number of aryl methyl sites for hydroxylation is 2. The summed E-state index contributed by atoms with van der Waals surface area (Å²) in [6.07, 6.45) is 9.68. The molecule has 0 aliphatic heterocycles. The van der Waals surface area contributed by atoms with Gasteiger partial charge >= 0.3 is 0 Å². The number of aliphatic imine (C=N–C) groups is 1. The van der Waals surface area contributed by atoms with Gasteiger partial charge in [0.05, 0.1) is 25.9 Å². The molecule has 18 heteroatoms. The van der Waals surface area contributed by atoms with E-state index in [1.165, 1.54) is 12.1 Å². The summed E-state index contributed by atoms with van der Waals surface area (Å²) in [5, 5.41) is 20.9. The molecular formula is C33H44ClN5O10S2. The van der Waals surface area contributed by atoms with Crippen LogP contribution >= 0.6 is 11.6 Å². The maximum absolute atomic E-state index is 13.1. The zero-order chi connectivity index (χ0) is 38.1. The Morgan fingerprint density at radius 2 is 1.06 bits per heavy atom. The van der Waals surface area contributed by atoms with Crippen molar-refractivity contribution >= 4 is 59.8 Å². The summed E-state index contributed by atoms with van der Waals surface area (Å²) in [6, 6.07) is 4.46. The number of hydrogen-bond acceptors (Lipinski definition) is 10. The number of hydrogen-bond donors (Lipinski definition) is 2. The molecule has 4 rings (SSSR count). The Bertz CT molecular complexity index is 1900. The topological polar surface area (TPSA) is 253 Å². The van der Waals surface area contributed by atoms with E-state index in [1.54, 1.807) is 13.8 Å². The minimum absolute atomic E-state index is 0.00863. The summed E-state index contributed by atoms with van der Waals surface area (Å²) >= 11 is 5.49. The lowest BCUT2D eigenvalue weighted by Crippen LogP contribution is -2.25. The van der Waals surface area contributed by atoms with Crippen molar-refractivity contribution in [1.82, 2.24) is 0 Å². The molecule has 0 bridgehead atoms. The van der Waals surface area contributed by atoms with Crippen LogP contribution in [0.15, 0.2) is 39.0 Å². The highest BCUT2D eigenvalue weighted by Gasteiger charge is 2.37. The molecule has 0 spiro atoms. The number of rotatable bonds is 10. The van der Waals surface area contributed by atoms with Crippen LogP contribution < -0.4 is 11.5 Å². The van der Waals surface area contributed by atoms with Gasteiger partial charge in [-0.25, -0.2) is 16.8 Å². The maximum atomic E-state index is 13.1. The molecule has 2 aromatic rings. The van der Waals surface area contributed by atoms with Gasteiger partial charge in [-0.3, -0.25) is 29.8 Å². The normalized spacial score (nSPS) is 16.1. The molecule has 1 amide bonds. The molecule has 51 heavy (non-hydrogen) atoms. The third-order valence-electron chi connectivity index (χ3n) is 9.29. The van der Waals surface area contributed by atoms with Crippen LogP contribution in [-0.4, -0.2) is 54.3 Å². The Labute approximate surface area is 302 Å². The Hall–Kier alpha value is -3.96. The average Bonchev–Trinajstić information content (AvgIpc) is 3.54. The predicted molar refractivity (Wildman–Crippen MR) is 193 cm³/mol. The van der Waals surface area contributed by atoms with Crippen LogP contribution in [0.25, 0.3) is 0 Å². The first-order chi connectivity index (χ1) is 24.0. The number of nitro benzene ring substituents is 2. The second kappa shape index (κ2) is 18.0. The van der Waals surface area contributed by atoms with Gasteiger partial charge in [0.15, 0.2) is 25.6 Å². The lowest BCUT2D eigenvalue weighted by Gasteiger charge is -2.17.